The van der Waals surface area contributed by atoms with Gasteiger partial charge in [-0.2, -0.15) is 0 Å². The first-order valence-corrected chi connectivity index (χ1v) is 21.5. The fourth-order valence-corrected chi connectivity index (χ4v) is 8.57. The zero-order valence-electron chi connectivity index (χ0n) is 34.3. The van der Waals surface area contributed by atoms with Gasteiger partial charge in [0.15, 0.2) is 10.8 Å². The Morgan fingerprint density at radius 1 is 0.919 bits per heavy atom. The summed E-state index contributed by atoms with van der Waals surface area (Å²) < 4.78 is 15.9. The van der Waals surface area contributed by atoms with E-state index in [0.717, 1.165) is 33.6 Å². The number of β-lactam (4-membered cyclic amide) rings is 1. The number of hydrogen-bond acceptors (Lipinski definition) is 14. The predicted molar refractivity (Wildman–Crippen MR) is 236 cm³/mol. The van der Waals surface area contributed by atoms with Crippen LogP contribution in [0, 0.1) is 5.41 Å². The van der Waals surface area contributed by atoms with Crippen LogP contribution in [0.5, 0.6) is 0 Å². The number of rotatable bonds is 14. The molecule has 3 N–H and O–H groups in total. The minimum atomic E-state index is -1.36. The Morgan fingerprint density at radius 2 is 1.55 bits per heavy atom. The minimum absolute atomic E-state index is 0.0641. The van der Waals surface area contributed by atoms with Crippen LogP contribution in [0.25, 0.3) is 6.08 Å². The number of nitrogen functional groups attached to an aromatic ring is 1. The molecule has 2 aromatic heterocycles. The molecule has 7 rings (SSSR count). The van der Waals surface area contributed by atoms with Crippen molar-refractivity contribution < 1.29 is 38.2 Å². The highest BCUT2D eigenvalue weighted by atomic mass is 32.2. The molecule has 5 aromatic rings. The van der Waals surface area contributed by atoms with Crippen molar-refractivity contribution in [3.8, 4) is 0 Å². The van der Waals surface area contributed by atoms with Gasteiger partial charge in [-0.1, -0.05) is 135 Å². The maximum Gasteiger partial charge on any atom is 0.511 e. The van der Waals surface area contributed by atoms with Gasteiger partial charge >= 0.3 is 12.1 Å². The summed E-state index contributed by atoms with van der Waals surface area (Å²) in [5.41, 5.74) is 7.69. The van der Waals surface area contributed by atoms with Crippen molar-refractivity contribution in [3.05, 3.63) is 166 Å². The maximum absolute atomic E-state index is 14.4. The molecule has 1 unspecified atom stereocenters. The zero-order chi connectivity index (χ0) is 43.9. The fourth-order valence-electron chi connectivity index (χ4n) is 6.71. The summed E-state index contributed by atoms with van der Waals surface area (Å²) in [6.45, 7) is 7.11. The Labute approximate surface area is 366 Å². The van der Waals surface area contributed by atoms with Crippen molar-refractivity contribution in [2.75, 3.05) is 18.1 Å². The third kappa shape index (κ3) is 9.72. The number of ether oxygens (including phenoxy) is 3. The van der Waals surface area contributed by atoms with Gasteiger partial charge in [-0.15, -0.1) is 23.1 Å². The molecular formula is C46H44N6O8S2. The standard InChI is InChI=1S/C46H44N6O8S2/c1-29(59-44(56)57-28-45(2,3)4)58-42(55)38-31(23-22-30-15-14-24-48-25-30)26-61-41-37(40(54)52(38)41)50-39(53)36(35-27-62-43(47)49-35)51-60-46(32-16-8-5-9-17-32,33-18-10-6-11-19-33)34-20-12-7-13-21-34/h5-25,27,29,37,41H,26,28H2,1-4H3,(H2,47,49)(H,50,53)/b23-22-,51-36?/t29?,37-,41-/m1/s1. The number of fused-ring (bicyclic) bond motifs is 1. The number of thiazole rings is 1. The van der Waals surface area contributed by atoms with E-state index in [-0.39, 0.29) is 40.0 Å². The number of allylic oxidation sites excluding steroid dienone is 1. The Balaban J connectivity index is 1.18. The van der Waals surface area contributed by atoms with E-state index in [4.69, 9.17) is 24.8 Å². The third-order valence-electron chi connectivity index (χ3n) is 9.59. The number of esters is 1. The monoisotopic (exact) mass is 872 g/mol. The first-order chi connectivity index (χ1) is 29.8. The normalized spacial score (nSPS) is 17.1. The SMILES string of the molecule is CC(OC(=O)OCC(C)(C)C)OC(=O)C1=C(/C=C\c2cccnc2)CS[C@@H]2[C@H](NC(=O)C(=NOC(c3ccccc3)(c3ccccc3)c3ccccc3)c3csc(N)n3)C(=O)N12. The van der Waals surface area contributed by atoms with Crippen molar-refractivity contribution in [2.45, 2.75) is 51.0 Å². The van der Waals surface area contributed by atoms with Gasteiger partial charge in [-0.05, 0) is 22.6 Å². The van der Waals surface area contributed by atoms with Crippen molar-refractivity contribution in [3.63, 3.8) is 0 Å². The lowest BCUT2D eigenvalue weighted by Crippen LogP contribution is -2.71. The quantitative estimate of drug-likeness (QED) is 0.0284. The van der Waals surface area contributed by atoms with Crippen molar-refractivity contribution in [1.29, 1.82) is 0 Å². The molecule has 2 aliphatic heterocycles. The highest BCUT2D eigenvalue weighted by molar-refractivity contribution is 8.00. The second-order valence-electron chi connectivity index (χ2n) is 15.4. The second-order valence-corrected chi connectivity index (χ2v) is 17.4. The molecule has 318 valence electrons. The molecule has 1 fully saturated rings. The van der Waals surface area contributed by atoms with Gasteiger partial charge in [0.25, 0.3) is 11.8 Å². The second kappa shape index (κ2) is 18.9. The van der Waals surface area contributed by atoms with Crippen molar-refractivity contribution >= 4 is 64.0 Å². The summed E-state index contributed by atoms with van der Waals surface area (Å²) in [6.07, 6.45) is 4.38. The van der Waals surface area contributed by atoms with E-state index in [2.05, 4.69) is 20.4 Å². The number of benzene rings is 3. The number of hydrogen-bond donors (Lipinski definition) is 2. The number of pyridine rings is 1. The largest absolute Gasteiger partial charge is 0.511 e. The average Bonchev–Trinajstić information content (AvgIpc) is 3.71. The number of aromatic nitrogens is 2. The zero-order valence-corrected chi connectivity index (χ0v) is 35.9. The molecule has 62 heavy (non-hydrogen) atoms. The number of anilines is 1. The molecule has 2 aliphatic rings. The molecule has 3 aromatic carbocycles. The van der Waals surface area contributed by atoms with E-state index >= 15 is 0 Å². The molecule has 2 amide bonds. The highest BCUT2D eigenvalue weighted by Crippen LogP contribution is 2.43. The fraction of sp³-hybridized carbons (Fsp3) is 0.239. The van der Waals surface area contributed by atoms with Gasteiger partial charge in [0.2, 0.25) is 11.9 Å². The van der Waals surface area contributed by atoms with Gasteiger partial charge < -0.3 is 30.1 Å². The van der Waals surface area contributed by atoms with Crippen molar-refractivity contribution in [2.24, 2.45) is 10.6 Å². The smallest absolute Gasteiger partial charge is 0.434 e. The van der Waals surface area contributed by atoms with E-state index < -0.39 is 47.2 Å². The van der Waals surface area contributed by atoms with Gasteiger partial charge in [0, 0.05) is 47.1 Å². The van der Waals surface area contributed by atoms with Crippen LogP contribution in [0.3, 0.4) is 0 Å². The molecule has 3 atom stereocenters. The highest BCUT2D eigenvalue weighted by Gasteiger charge is 2.55. The number of carbonyl (C=O) groups is 4. The number of carbonyl (C=O) groups excluding carboxylic acids is 4. The van der Waals surface area contributed by atoms with E-state index in [0.29, 0.717) is 5.57 Å². The molecule has 16 heteroatoms. The topological polar surface area (TPSA) is 185 Å². The summed E-state index contributed by atoms with van der Waals surface area (Å²) in [7, 11) is 0. The number of nitrogens with zero attached hydrogens (tertiary/aromatic N) is 4. The van der Waals surface area contributed by atoms with Gasteiger partial charge in [-0.25, -0.2) is 14.6 Å². The predicted octanol–water partition coefficient (Wildman–Crippen LogP) is 7.29. The summed E-state index contributed by atoms with van der Waals surface area (Å²) in [5, 5.41) is 8.43. The Morgan fingerprint density at radius 3 is 2.10 bits per heavy atom. The number of oxime groups is 1. The van der Waals surface area contributed by atoms with Gasteiger partial charge in [0.1, 0.15) is 22.8 Å². The van der Waals surface area contributed by atoms with E-state index in [1.165, 1.54) is 23.6 Å². The van der Waals surface area contributed by atoms with Crippen LogP contribution in [-0.4, -0.2) is 74.6 Å². The van der Waals surface area contributed by atoms with Crippen LogP contribution in [-0.2, 0) is 39.0 Å². The Bertz CT molecular complexity index is 2400. The van der Waals surface area contributed by atoms with Gasteiger partial charge in [0.05, 0.1) is 6.61 Å². The van der Waals surface area contributed by atoms with Crippen LogP contribution in [0.15, 0.2) is 143 Å². The molecule has 0 spiro atoms. The molecular weight excluding hydrogens is 829 g/mol. The summed E-state index contributed by atoms with van der Waals surface area (Å²) >= 11 is 2.45. The molecule has 0 bridgehead atoms. The minimum Gasteiger partial charge on any atom is -0.434 e. The lowest BCUT2D eigenvalue weighted by molar-refractivity contribution is -0.169. The summed E-state index contributed by atoms with van der Waals surface area (Å²) in [4.78, 5) is 71.3. The first kappa shape index (κ1) is 43.3. The molecule has 14 nitrogen and oxygen atoms in total. The van der Waals surface area contributed by atoms with E-state index in [9.17, 15) is 19.2 Å². The first-order valence-electron chi connectivity index (χ1n) is 19.6. The van der Waals surface area contributed by atoms with Crippen molar-refractivity contribution in [1.82, 2.24) is 20.2 Å². The number of nitrogens with one attached hydrogen (secondary N) is 1. The third-order valence-corrected chi connectivity index (χ3v) is 11.6. The molecule has 0 radical (unpaired) electrons. The number of nitrogens with two attached hydrogens (primary N) is 1. The van der Waals surface area contributed by atoms with Crippen LogP contribution < -0.4 is 11.1 Å². The summed E-state index contributed by atoms with van der Waals surface area (Å²) in [6, 6.07) is 31.0. The van der Waals surface area contributed by atoms with Crippen LogP contribution in [0.1, 0.15) is 55.6 Å². The van der Waals surface area contributed by atoms with Crippen LogP contribution in [0.2, 0.25) is 0 Å². The average molecular weight is 873 g/mol. The van der Waals surface area contributed by atoms with Gasteiger partial charge in [-0.3, -0.25) is 19.5 Å². The molecule has 1 saturated heterocycles. The molecule has 0 saturated carbocycles. The Kier molecular flexibility index (Phi) is 13.2. The van der Waals surface area contributed by atoms with Crippen LogP contribution >= 0.6 is 23.1 Å². The lowest BCUT2D eigenvalue weighted by Gasteiger charge is -2.49. The lowest BCUT2D eigenvalue weighted by atomic mass is 9.80. The summed E-state index contributed by atoms with van der Waals surface area (Å²) in [5.74, 6) is -2.00. The number of amides is 2. The van der Waals surface area contributed by atoms with Crippen LogP contribution in [0.4, 0.5) is 9.93 Å². The molecule has 4 heterocycles. The van der Waals surface area contributed by atoms with E-state index in [1.54, 1.807) is 36.0 Å². The molecule has 0 aliphatic carbocycles. The Hall–Kier alpha value is -6.78. The maximum atomic E-state index is 14.4. The van der Waals surface area contributed by atoms with E-state index in [1.807, 2.05) is 118 Å². The number of thioether (sulfide) groups is 1.